The van der Waals surface area contributed by atoms with Crippen molar-refractivity contribution in [2.24, 2.45) is 5.73 Å². The number of ether oxygens (including phenoxy) is 2. The zero-order chi connectivity index (χ0) is 34.2. The number of nitrogens with two attached hydrogens (primary N) is 1. The molecule has 2 amide bonds. The van der Waals surface area contributed by atoms with Crippen molar-refractivity contribution in [2.75, 3.05) is 18.5 Å². The quantitative estimate of drug-likeness (QED) is 0.0711. The number of carbonyl (C=O) groups is 3. The van der Waals surface area contributed by atoms with E-state index in [0.29, 0.717) is 30.0 Å². The second kappa shape index (κ2) is 19.0. The summed E-state index contributed by atoms with van der Waals surface area (Å²) >= 11 is 0. The number of aliphatic hydroxyl groups excluding tert-OH is 2. The maximum absolute atomic E-state index is 13.4. The standard InChI is InChI=1S/C35H49N3O9/c1-2-3-4-5-6-7-21-46-27-17-13-25(14-18-27)37-33(43)28(9-8-20-36)38-34(44)35(45)22-29(40)32(42)30(23-35)47-31(41)19-12-24-10-15-26(39)16-11-24/h10-19,28-30,32,39-40,42,45H,2-9,20-23,36H2,1H3,(H,37,43)(H,38,44)/b19-12+/t28?,29-,30-,32-,35+/m1/s1. The number of anilines is 1. The van der Waals surface area contributed by atoms with E-state index < -0.39 is 60.6 Å². The first-order chi connectivity index (χ1) is 22.5. The normalized spacial score (nSPS) is 21.6. The molecule has 258 valence electrons. The van der Waals surface area contributed by atoms with Crippen molar-refractivity contribution in [1.82, 2.24) is 5.32 Å². The lowest BCUT2D eigenvalue weighted by molar-refractivity contribution is -0.187. The van der Waals surface area contributed by atoms with E-state index in [0.717, 1.165) is 18.9 Å². The van der Waals surface area contributed by atoms with Crippen LogP contribution in [0.15, 0.2) is 54.6 Å². The number of phenolic OH excluding ortho intramolecular Hbond substituents is 1. The smallest absolute Gasteiger partial charge is 0.331 e. The Hall–Kier alpha value is -3.97. The minimum atomic E-state index is -2.25. The van der Waals surface area contributed by atoms with Crippen LogP contribution in [0.2, 0.25) is 0 Å². The number of aromatic hydroxyl groups is 1. The van der Waals surface area contributed by atoms with E-state index in [4.69, 9.17) is 15.2 Å². The molecule has 1 aliphatic rings. The van der Waals surface area contributed by atoms with Gasteiger partial charge in [0.15, 0.2) is 0 Å². The topological polar surface area (TPSA) is 201 Å². The van der Waals surface area contributed by atoms with Gasteiger partial charge in [0.25, 0.3) is 5.91 Å². The van der Waals surface area contributed by atoms with Crippen LogP contribution in [0, 0.1) is 0 Å². The van der Waals surface area contributed by atoms with Crippen LogP contribution < -0.4 is 21.1 Å². The largest absolute Gasteiger partial charge is 0.508 e. The average molecular weight is 656 g/mol. The van der Waals surface area contributed by atoms with Crippen molar-refractivity contribution >= 4 is 29.5 Å². The van der Waals surface area contributed by atoms with Gasteiger partial charge in [-0.1, -0.05) is 51.2 Å². The molecule has 3 rings (SSSR count). The first-order valence-electron chi connectivity index (χ1n) is 16.4. The summed E-state index contributed by atoms with van der Waals surface area (Å²) in [5.41, 5.74) is 4.48. The van der Waals surface area contributed by atoms with Gasteiger partial charge in [-0.05, 0) is 73.8 Å². The Morgan fingerprint density at radius 1 is 0.979 bits per heavy atom. The molecule has 5 atom stereocenters. The van der Waals surface area contributed by atoms with Crippen LogP contribution in [-0.2, 0) is 19.1 Å². The predicted octanol–water partition coefficient (Wildman–Crippen LogP) is 3.17. The lowest BCUT2D eigenvalue weighted by Gasteiger charge is -2.41. The molecule has 0 radical (unpaired) electrons. The first kappa shape index (κ1) is 37.5. The van der Waals surface area contributed by atoms with Crippen molar-refractivity contribution < 1.29 is 44.3 Å². The van der Waals surface area contributed by atoms with Crippen molar-refractivity contribution in [3.8, 4) is 11.5 Å². The van der Waals surface area contributed by atoms with Gasteiger partial charge in [0.05, 0.1) is 12.7 Å². The van der Waals surface area contributed by atoms with Crippen molar-refractivity contribution in [2.45, 2.75) is 101 Å². The highest BCUT2D eigenvalue weighted by Gasteiger charge is 2.50. The predicted molar refractivity (Wildman–Crippen MR) is 177 cm³/mol. The summed E-state index contributed by atoms with van der Waals surface area (Å²) in [6.07, 6.45) is 4.44. The van der Waals surface area contributed by atoms with Gasteiger partial charge in [-0.3, -0.25) is 9.59 Å². The molecule has 0 spiro atoms. The van der Waals surface area contributed by atoms with Crippen LogP contribution in [0.25, 0.3) is 6.08 Å². The second-order valence-electron chi connectivity index (χ2n) is 12.0. The van der Waals surface area contributed by atoms with Gasteiger partial charge < -0.3 is 46.3 Å². The summed E-state index contributed by atoms with van der Waals surface area (Å²) < 4.78 is 11.1. The molecular formula is C35H49N3O9. The molecule has 0 heterocycles. The fraction of sp³-hybridized carbons (Fsp3) is 0.514. The lowest BCUT2D eigenvalue weighted by Crippen LogP contribution is -2.61. The summed E-state index contributed by atoms with van der Waals surface area (Å²) in [5.74, 6) is -1.63. The minimum Gasteiger partial charge on any atom is -0.508 e. The van der Waals surface area contributed by atoms with E-state index in [1.54, 1.807) is 36.4 Å². The highest BCUT2D eigenvalue weighted by atomic mass is 16.6. The Kier molecular flexibility index (Phi) is 15.2. The van der Waals surface area contributed by atoms with Crippen LogP contribution in [0.5, 0.6) is 11.5 Å². The number of hydrogen-bond acceptors (Lipinski definition) is 10. The summed E-state index contributed by atoms with van der Waals surface area (Å²) in [5, 5.41) is 46.9. The SMILES string of the molecule is CCCCCCCCOc1ccc(NC(=O)C(CCCN)NC(=O)[C@]2(O)C[C@@H](O)[C@@H](O)[C@H](OC(=O)/C=C/c3ccc(O)cc3)C2)cc1. The van der Waals surface area contributed by atoms with Crippen molar-refractivity contribution in [3.63, 3.8) is 0 Å². The zero-order valence-electron chi connectivity index (χ0n) is 27.0. The number of amides is 2. The Balaban J connectivity index is 1.57. The summed E-state index contributed by atoms with van der Waals surface area (Å²) in [7, 11) is 0. The highest BCUT2D eigenvalue weighted by molar-refractivity contribution is 5.98. The van der Waals surface area contributed by atoms with Gasteiger partial charge in [0.1, 0.15) is 35.3 Å². The van der Waals surface area contributed by atoms with Gasteiger partial charge in [-0.2, -0.15) is 0 Å². The summed E-state index contributed by atoms with van der Waals surface area (Å²) in [6, 6.07) is 11.8. The van der Waals surface area contributed by atoms with Crippen LogP contribution in [0.4, 0.5) is 5.69 Å². The van der Waals surface area contributed by atoms with Gasteiger partial charge in [-0.25, -0.2) is 4.79 Å². The van der Waals surface area contributed by atoms with E-state index in [-0.39, 0.29) is 18.7 Å². The third-order valence-electron chi connectivity index (χ3n) is 8.06. The molecule has 1 unspecified atom stereocenters. The molecule has 8 N–H and O–H groups in total. The van der Waals surface area contributed by atoms with Crippen molar-refractivity contribution in [3.05, 3.63) is 60.2 Å². The first-order valence-corrected chi connectivity index (χ1v) is 16.4. The highest BCUT2D eigenvalue weighted by Crippen LogP contribution is 2.32. The Morgan fingerprint density at radius 3 is 2.34 bits per heavy atom. The number of nitrogens with one attached hydrogen (secondary N) is 2. The number of unbranched alkanes of at least 4 members (excludes halogenated alkanes) is 5. The third kappa shape index (κ3) is 12.3. The number of benzene rings is 2. The Labute approximate surface area is 276 Å². The van der Waals surface area contributed by atoms with Crippen molar-refractivity contribution in [1.29, 1.82) is 0 Å². The molecule has 12 nitrogen and oxygen atoms in total. The number of aliphatic hydroxyl groups is 3. The molecule has 0 bridgehead atoms. The maximum Gasteiger partial charge on any atom is 0.331 e. The van der Waals surface area contributed by atoms with E-state index in [2.05, 4.69) is 17.6 Å². The second-order valence-corrected chi connectivity index (χ2v) is 12.0. The van der Waals surface area contributed by atoms with Crippen LogP contribution in [-0.4, -0.2) is 81.3 Å². The molecule has 1 fully saturated rings. The molecule has 47 heavy (non-hydrogen) atoms. The van der Waals surface area contributed by atoms with E-state index in [9.17, 15) is 34.8 Å². The monoisotopic (exact) mass is 655 g/mol. The van der Waals surface area contributed by atoms with E-state index >= 15 is 0 Å². The zero-order valence-corrected chi connectivity index (χ0v) is 27.0. The molecule has 2 aromatic carbocycles. The molecule has 0 aliphatic heterocycles. The number of carbonyl (C=O) groups excluding carboxylic acids is 3. The summed E-state index contributed by atoms with van der Waals surface area (Å²) in [4.78, 5) is 39.0. The van der Waals surface area contributed by atoms with Crippen LogP contribution >= 0.6 is 0 Å². The molecule has 0 saturated heterocycles. The van der Waals surface area contributed by atoms with Gasteiger partial charge >= 0.3 is 5.97 Å². The molecule has 1 saturated carbocycles. The van der Waals surface area contributed by atoms with Gasteiger partial charge in [0.2, 0.25) is 5.91 Å². The molecule has 2 aromatic rings. The minimum absolute atomic E-state index is 0.0578. The Morgan fingerprint density at radius 2 is 1.66 bits per heavy atom. The fourth-order valence-corrected chi connectivity index (χ4v) is 5.31. The lowest BCUT2D eigenvalue weighted by atomic mass is 9.78. The van der Waals surface area contributed by atoms with Gasteiger partial charge in [-0.15, -0.1) is 0 Å². The third-order valence-corrected chi connectivity index (χ3v) is 8.06. The maximum atomic E-state index is 13.4. The molecular weight excluding hydrogens is 606 g/mol. The number of rotatable bonds is 18. The number of phenols is 1. The van der Waals surface area contributed by atoms with Crippen LogP contribution in [0.3, 0.4) is 0 Å². The molecule has 0 aromatic heterocycles. The molecule has 12 heteroatoms. The fourth-order valence-electron chi connectivity index (χ4n) is 5.31. The van der Waals surface area contributed by atoms with E-state index in [1.807, 2.05) is 0 Å². The number of esters is 1. The van der Waals surface area contributed by atoms with Crippen LogP contribution in [0.1, 0.15) is 76.7 Å². The number of hydrogen-bond donors (Lipinski definition) is 7. The van der Waals surface area contributed by atoms with Gasteiger partial charge in [0, 0.05) is 24.6 Å². The Bertz CT molecular complexity index is 1300. The average Bonchev–Trinajstić information content (AvgIpc) is 3.05. The van der Waals surface area contributed by atoms with E-state index in [1.165, 1.54) is 43.9 Å². The molecule has 1 aliphatic carbocycles. The summed E-state index contributed by atoms with van der Waals surface area (Å²) in [6.45, 7) is 3.05.